The van der Waals surface area contributed by atoms with Gasteiger partial charge in [0.05, 0.1) is 6.04 Å². The molecule has 0 bridgehead atoms. The molecule has 1 saturated carbocycles. The molecule has 1 aliphatic carbocycles. The number of nitrogens with zero attached hydrogens (tertiary/aromatic N) is 5. The van der Waals surface area contributed by atoms with Gasteiger partial charge in [0.1, 0.15) is 11.6 Å². The minimum absolute atomic E-state index is 0.352. The van der Waals surface area contributed by atoms with Crippen LogP contribution in [0.5, 0.6) is 0 Å². The van der Waals surface area contributed by atoms with Crippen molar-refractivity contribution < 1.29 is 0 Å². The molecule has 2 aromatic heterocycles. The van der Waals surface area contributed by atoms with Crippen LogP contribution in [0.2, 0.25) is 0 Å². The van der Waals surface area contributed by atoms with Crippen LogP contribution in [0.1, 0.15) is 56.1 Å². The number of aryl methyl sites for hydroxylation is 1. The first kappa shape index (κ1) is 15.4. The van der Waals surface area contributed by atoms with Crippen LogP contribution >= 0.6 is 0 Å². The third-order valence-electron chi connectivity index (χ3n) is 5.06. The van der Waals surface area contributed by atoms with Crippen molar-refractivity contribution in [1.29, 1.82) is 0 Å². The van der Waals surface area contributed by atoms with Gasteiger partial charge in [0.2, 0.25) is 5.95 Å². The van der Waals surface area contributed by atoms with Gasteiger partial charge < -0.3 is 5.32 Å². The van der Waals surface area contributed by atoms with Crippen molar-refractivity contribution in [1.82, 2.24) is 24.8 Å². The van der Waals surface area contributed by atoms with Crippen LogP contribution in [0, 0.1) is 6.92 Å². The summed E-state index contributed by atoms with van der Waals surface area (Å²) in [7, 11) is 0. The molecule has 126 valence electrons. The zero-order valence-corrected chi connectivity index (χ0v) is 14.1. The number of rotatable bonds is 4. The SMILES string of the molecule is Cc1cc(Nc2ncccn2)nc(C2CCCN2C2CCCC2)n1. The normalized spacial score (nSPS) is 22.1. The highest BCUT2D eigenvalue weighted by atomic mass is 15.2. The zero-order chi connectivity index (χ0) is 16.4. The number of hydrogen-bond donors (Lipinski definition) is 1. The summed E-state index contributed by atoms with van der Waals surface area (Å²) in [6.45, 7) is 3.20. The van der Waals surface area contributed by atoms with Gasteiger partial charge in [-0.3, -0.25) is 4.90 Å². The van der Waals surface area contributed by atoms with Crippen LogP contribution < -0.4 is 5.32 Å². The van der Waals surface area contributed by atoms with Gasteiger partial charge in [0, 0.05) is 30.2 Å². The number of nitrogens with one attached hydrogen (secondary N) is 1. The van der Waals surface area contributed by atoms with Gasteiger partial charge in [-0.05, 0) is 45.2 Å². The second-order valence-electron chi connectivity index (χ2n) is 6.78. The molecule has 4 rings (SSSR count). The molecular weight excluding hydrogens is 300 g/mol. The van der Waals surface area contributed by atoms with Gasteiger partial charge in [-0.1, -0.05) is 12.8 Å². The average molecular weight is 324 g/mol. The molecule has 24 heavy (non-hydrogen) atoms. The fraction of sp³-hybridized carbons (Fsp3) is 0.556. The van der Waals surface area contributed by atoms with E-state index >= 15 is 0 Å². The summed E-state index contributed by atoms with van der Waals surface area (Å²) in [5.41, 5.74) is 0.983. The lowest BCUT2D eigenvalue weighted by molar-refractivity contribution is 0.176. The first-order chi connectivity index (χ1) is 11.8. The minimum atomic E-state index is 0.352. The summed E-state index contributed by atoms with van der Waals surface area (Å²) in [6.07, 6.45) is 11.2. The van der Waals surface area contributed by atoms with Crippen molar-refractivity contribution in [2.24, 2.45) is 0 Å². The Morgan fingerprint density at radius 1 is 1.04 bits per heavy atom. The highest BCUT2D eigenvalue weighted by molar-refractivity contribution is 5.47. The first-order valence-corrected chi connectivity index (χ1v) is 8.95. The number of aromatic nitrogens is 4. The van der Waals surface area contributed by atoms with Crippen LogP contribution in [0.15, 0.2) is 24.5 Å². The predicted octanol–water partition coefficient (Wildman–Crippen LogP) is 3.40. The zero-order valence-electron chi connectivity index (χ0n) is 14.1. The summed E-state index contributed by atoms with van der Waals surface area (Å²) in [5.74, 6) is 2.29. The maximum Gasteiger partial charge on any atom is 0.228 e. The Balaban J connectivity index is 1.58. The number of hydrogen-bond acceptors (Lipinski definition) is 6. The maximum absolute atomic E-state index is 4.79. The van der Waals surface area contributed by atoms with Crippen molar-refractivity contribution in [2.75, 3.05) is 11.9 Å². The van der Waals surface area contributed by atoms with Crippen LogP contribution in [-0.2, 0) is 0 Å². The lowest BCUT2D eigenvalue weighted by Gasteiger charge is -2.29. The van der Waals surface area contributed by atoms with E-state index in [0.29, 0.717) is 12.0 Å². The van der Waals surface area contributed by atoms with Crippen LogP contribution in [0.25, 0.3) is 0 Å². The molecule has 2 aromatic rings. The molecule has 1 unspecified atom stereocenters. The molecule has 0 amide bonds. The van der Waals surface area contributed by atoms with E-state index in [1.807, 2.05) is 13.0 Å². The molecule has 6 nitrogen and oxygen atoms in total. The predicted molar refractivity (Wildman–Crippen MR) is 93.0 cm³/mol. The highest BCUT2D eigenvalue weighted by Crippen LogP contribution is 2.37. The average Bonchev–Trinajstić information content (AvgIpc) is 3.26. The molecule has 1 atom stereocenters. The largest absolute Gasteiger partial charge is 0.309 e. The van der Waals surface area contributed by atoms with E-state index in [0.717, 1.165) is 29.8 Å². The third kappa shape index (κ3) is 3.24. The van der Waals surface area contributed by atoms with Crippen LogP contribution in [0.4, 0.5) is 11.8 Å². The van der Waals surface area contributed by atoms with Gasteiger partial charge in [0.15, 0.2) is 0 Å². The monoisotopic (exact) mass is 324 g/mol. The Bertz CT molecular complexity index is 683. The van der Waals surface area contributed by atoms with Gasteiger partial charge in [-0.25, -0.2) is 19.9 Å². The fourth-order valence-electron chi connectivity index (χ4n) is 4.02. The Morgan fingerprint density at radius 3 is 2.62 bits per heavy atom. The molecule has 0 radical (unpaired) electrons. The molecule has 2 fully saturated rings. The van der Waals surface area contributed by atoms with Crippen molar-refractivity contribution in [3.63, 3.8) is 0 Å². The summed E-state index contributed by atoms with van der Waals surface area (Å²) < 4.78 is 0. The van der Waals surface area contributed by atoms with Crippen molar-refractivity contribution in [3.05, 3.63) is 36.0 Å². The van der Waals surface area contributed by atoms with Gasteiger partial charge in [0.25, 0.3) is 0 Å². The van der Waals surface area contributed by atoms with E-state index in [-0.39, 0.29) is 0 Å². The van der Waals surface area contributed by atoms with Gasteiger partial charge in [-0.2, -0.15) is 0 Å². The molecule has 2 aliphatic rings. The summed E-state index contributed by atoms with van der Waals surface area (Å²) in [6, 6.07) is 4.83. The molecule has 0 aromatic carbocycles. The molecular formula is C18H24N6. The third-order valence-corrected chi connectivity index (χ3v) is 5.06. The minimum Gasteiger partial charge on any atom is -0.309 e. The summed E-state index contributed by atoms with van der Waals surface area (Å²) in [4.78, 5) is 20.6. The smallest absolute Gasteiger partial charge is 0.228 e. The molecule has 1 aliphatic heterocycles. The lowest BCUT2D eigenvalue weighted by Crippen LogP contribution is -2.33. The van der Waals surface area contributed by atoms with Crippen LogP contribution in [-0.4, -0.2) is 37.4 Å². The number of anilines is 2. The molecule has 1 N–H and O–H groups in total. The Morgan fingerprint density at radius 2 is 1.83 bits per heavy atom. The Labute approximate surface area is 142 Å². The topological polar surface area (TPSA) is 66.8 Å². The van der Waals surface area contributed by atoms with E-state index in [2.05, 4.69) is 20.2 Å². The van der Waals surface area contributed by atoms with E-state index in [9.17, 15) is 0 Å². The Hall–Kier alpha value is -2.08. The Kier molecular flexibility index (Phi) is 4.38. The maximum atomic E-state index is 4.79. The standard InChI is InChI=1S/C18H24N6/c1-13-12-16(23-18-19-9-5-10-20-18)22-17(21-13)15-8-4-11-24(15)14-6-2-3-7-14/h5,9-10,12,14-15H,2-4,6-8,11H2,1H3,(H,19,20,21,22,23). The number of likely N-dealkylation sites (tertiary alicyclic amines) is 1. The molecule has 0 spiro atoms. The second kappa shape index (κ2) is 6.81. The van der Waals surface area contributed by atoms with E-state index in [4.69, 9.17) is 9.97 Å². The quantitative estimate of drug-likeness (QED) is 0.930. The molecule has 6 heteroatoms. The summed E-state index contributed by atoms with van der Waals surface area (Å²) >= 11 is 0. The van der Waals surface area contributed by atoms with Gasteiger partial charge >= 0.3 is 0 Å². The van der Waals surface area contributed by atoms with Crippen LogP contribution in [0.3, 0.4) is 0 Å². The summed E-state index contributed by atoms with van der Waals surface area (Å²) in [5, 5.41) is 3.20. The molecule has 3 heterocycles. The van der Waals surface area contributed by atoms with Gasteiger partial charge in [-0.15, -0.1) is 0 Å². The van der Waals surface area contributed by atoms with Crippen molar-refractivity contribution >= 4 is 11.8 Å². The van der Waals surface area contributed by atoms with Crippen molar-refractivity contribution in [3.8, 4) is 0 Å². The highest BCUT2D eigenvalue weighted by Gasteiger charge is 2.34. The van der Waals surface area contributed by atoms with E-state index in [1.165, 1.54) is 38.6 Å². The first-order valence-electron chi connectivity index (χ1n) is 8.95. The fourth-order valence-corrected chi connectivity index (χ4v) is 4.02. The van der Waals surface area contributed by atoms with E-state index in [1.54, 1.807) is 18.5 Å². The second-order valence-corrected chi connectivity index (χ2v) is 6.78. The van der Waals surface area contributed by atoms with Crippen molar-refractivity contribution in [2.45, 2.75) is 57.5 Å². The lowest BCUT2D eigenvalue weighted by atomic mass is 10.1. The molecule has 1 saturated heterocycles. The van der Waals surface area contributed by atoms with E-state index < -0.39 is 0 Å².